The van der Waals surface area contributed by atoms with Crippen LogP contribution in [0.5, 0.6) is 0 Å². The van der Waals surface area contributed by atoms with Crippen LogP contribution < -0.4 is 0 Å². The molecule has 0 N–H and O–H groups in total. The van der Waals surface area contributed by atoms with Crippen LogP contribution >= 0.6 is 31.9 Å². The standard InChI is InChI=1S/C7H2Br2F2N2/c8-5-1-3(7(10)11)4(2-12)6(9)13-5/h1,7H. The van der Waals surface area contributed by atoms with Crippen LogP contribution in [-0.2, 0) is 0 Å². The lowest BCUT2D eigenvalue weighted by molar-refractivity contribution is 0.150. The predicted octanol–water partition coefficient (Wildman–Crippen LogP) is 3.42. The minimum Gasteiger partial charge on any atom is -0.233 e. The number of halogens is 4. The summed E-state index contributed by atoms with van der Waals surface area (Å²) in [6, 6.07) is 2.80. The van der Waals surface area contributed by atoms with Crippen molar-refractivity contribution in [2.45, 2.75) is 6.43 Å². The first kappa shape index (κ1) is 10.5. The molecule has 1 aromatic rings. The van der Waals surface area contributed by atoms with Crippen LogP contribution in [0.25, 0.3) is 0 Å². The fourth-order valence-corrected chi connectivity index (χ4v) is 1.95. The van der Waals surface area contributed by atoms with Crippen LogP contribution in [0.2, 0.25) is 0 Å². The Balaban J connectivity index is 3.41. The number of hydrogen-bond donors (Lipinski definition) is 0. The Bertz CT molecular complexity index is 373. The van der Waals surface area contributed by atoms with Gasteiger partial charge in [-0.3, -0.25) is 0 Å². The van der Waals surface area contributed by atoms with Gasteiger partial charge in [0.05, 0.1) is 5.56 Å². The van der Waals surface area contributed by atoms with Gasteiger partial charge in [-0.25, -0.2) is 13.8 Å². The zero-order valence-corrected chi connectivity index (χ0v) is 9.23. The topological polar surface area (TPSA) is 36.7 Å². The largest absolute Gasteiger partial charge is 0.265 e. The number of alkyl halides is 2. The van der Waals surface area contributed by atoms with E-state index in [1.165, 1.54) is 0 Å². The minimum atomic E-state index is -2.68. The molecule has 0 saturated heterocycles. The molecule has 0 fully saturated rings. The van der Waals surface area contributed by atoms with Crippen molar-refractivity contribution >= 4 is 31.9 Å². The van der Waals surface area contributed by atoms with Crippen molar-refractivity contribution in [3.63, 3.8) is 0 Å². The molecule has 13 heavy (non-hydrogen) atoms. The molecular formula is C7H2Br2F2N2. The van der Waals surface area contributed by atoms with Gasteiger partial charge in [0.15, 0.2) is 0 Å². The highest BCUT2D eigenvalue weighted by atomic mass is 79.9. The van der Waals surface area contributed by atoms with Crippen molar-refractivity contribution in [3.8, 4) is 6.07 Å². The maximum atomic E-state index is 12.4. The number of hydrogen-bond acceptors (Lipinski definition) is 2. The second-order valence-electron chi connectivity index (χ2n) is 2.11. The molecule has 0 aliphatic rings. The summed E-state index contributed by atoms with van der Waals surface area (Å²) in [6.07, 6.45) is -2.68. The van der Waals surface area contributed by atoms with Crippen molar-refractivity contribution in [3.05, 3.63) is 26.4 Å². The van der Waals surface area contributed by atoms with Crippen molar-refractivity contribution < 1.29 is 8.78 Å². The normalized spacial score (nSPS) is 10.2. The Morgan fingerprint density at radius 2 is 2.08 bits per heavy atom. The predicted molar refractivity (Wildman–Crippen MR) is 49.3 cm³/mol. The van der Waals surface area contributed by atoms with Crippen LogP contribution in [0.3, 0.4) is 0 Å². The summed E-state index contributed by atoms with van der Waals surface area (Å²) in [4.78, 5) is 3.76. The lowest BCUT2D eigenvalue weighted by Crippen LogP contribution is -1.94. The van der Waals surface area contributed by atoms with Crippen molar-refractivity contribution in [1.82, 2.24) is 4.98 Å². The number of rotatable bonds is 1. The molecule has 1 rings (SSSR count). The molecule has 1 heterocycles. The molecule has 68 valence electrons. The lowest BCUT2D eigenvalue weighted by atomic mass is 10.2. The van der Waals surface area contributed by atoms with E-state index >= 15 is 0 Å². The summed E-state index contributed by atoms with van der Waals surface area (Å²) in [5, 5.41) is 8.57. The SMILES string of the molecule is N#Cc1c(C(F)F)cc(Br)nc1Br. The van der Waals surface area contributed by atoms with Gasteiger partial charge in [-0.15, -0.1) is 0 Å². The number of nitrogens with zero attached hydrogens (tertiary/aromatic N) is 2. The van der Waals surface area contributed by atoms with Crippen LogP contribution in [0.1, 0.15) is 17.6 Å². The van der Waals surface area contributed by atoms with Gasteiger partial charge in [0.1, 0.15) is 15.3 Å². The molecule has 0 aromatic carbocycles. The van der Waals surface area contributed by atoms with E-state index in [-0.39, 0.29) is 20.3 Å². The van der Waals surface area contributed by atoms with Crippen molar-refractivity contribution in [1.29, 1.82) is 5.26 Å². The number of nitriles is 1. The van der Waals surface area contributed by atoms with E-state index in [2.05, 4.69) is 36.8 Å². The molecule has 1 aromatic heterocycles. The molecular weight excluding hydrogens is 310 g/mol. The molecule has 0 aliphatic heterocycles. The first-order valence-electron chi connectivity index (χ1n) is 3.10. The zero-order chi connectivity index (χ0) is 10.0. The van der Waals surface area contributed by atoms with E-state index in [0.29, 0.717) is 0 Å². The number of pyridine rings is 1. The lowest BCUT2D eigenvalue weighted by Gasteiger charge is -2.04. The van der Waals surface area contributed by atoms with Crippen molar-refractivity contribution in [2.75, 3.05) is 0 Å². The first-order chi connectivity index (χ1) is 6.06. The fraction of sp³-hybridized carbons (Fsp3) is 0.143. The quantitative estimate of drug-likeness (QED) is 0.745. The molecule has 0 bridgehead atoms. The van der Waals surface area contributed by atoms with Gasteiger partial charge in [-0.1, -0.05) is 0 Å². The van der Waals surface area contributed by atoms with E-state index in [1.54, 1.807) is 6.07 Å². The third-order valence-electron chi connectivity index (χ3n) is 1.32. The van der Waals surface area contributed by atoms with Crippen LogP contribution in [0, 0.1) is 11.3 Å². The van der Waals surface area contributed by atoms with Crippen molar-refractivity contribution in [2.24, 2.45) is 0 Å². The summed E-state index contributed by atoms with van der Waals surface area (Å²) < 4.78 is 25.1. The molecule has 0 spiro atoms. The Morgan fingerprint density at radius 3 is 2.54 bits per heavy atom. The van der Waals surface area contributed by atoms with E-state index in [0.717, 1.165) is 6.07 Å². The van der Waals surface area contributed by atoms with E-state index in [9.17, 15) is 8.78 Å². The first-order valence-corrected chi connectivity index (χ1v) is 4.69. The van der Waals surface area contributed by atoms with E-state index < -0.39 is 6.43 Å². The molecule has 0 saturated carbocycles. The van der Waals surface area contributed by atoms with E-state index in [4.69, 9.17) is 5.26 Å². The highest BCUT2D eigenvalue weighted by Crippen LogP contribution is 2.29. The summed E-state index contributed by atoms with van der Waals surface area (Å²) in [5.41, 5.74) is -0.450. The third kappa shape index (κ3) is 2.23. The van der Waals surface area contributed by atoms with Crippen LogP contribution in [0.4, 0.5) is 8.78 Å². The molecule has 0 atom stereocenters. The number of aromatic nitrogens is 1. The smallest absolute Gasteiger partial charge is 0.233 e. The van der Waals surface area contributed by atoms with Gasteiger partial charge < -0.3 is 0 Å². The zero-order valence-electron chi connectivity index (χ0n) is 6.06. The molecule has 0 aliphatic carbocycles. The highest BCUT2D eigenvalue weighted by molar-refractivity contribution is 9.11. The van der Waals surface area contributed by atoms with Gasteiger partial charge >= 0.3 is 0 Å². The van der Waals surface area contributed by atoms with E-state index in [1.807, 2.05) is 0 Å². The van der Waals surface area contributed by atoms with Gasteiger partial charge in [0.2, 0.25) is 0 Å². The Labute approximate surface area is 89.8 Å². The Kier molecular flexibility index (Phi) is 3.33. The van der Waals surface area contributed by atoms with Crippen LogP contribution in [-0.4, -0.2) is 4.98 Å². The van der Waals surface area contributed by atoms with Gasteiger partial charge in [0.25, 0.3) is 6.43 Å². The maximum absolute atomic E-state index is 12.4. The summed E-state index contributed by atoms with van der Waals surface area (Å²) in [6.45, 7) is 0. The van der Waals surface area contributed by atoms with Gasteiger partial charge in [-0.05, 0) is 37.9 Å². The molecule has 2 nitrogen and oxygen atoms in total. The Morgan fingerprint density at radius 1 is 1.46 bits per heavy atom. The monoisotopic (exact) mass is 310 g/mol. The highest BCUT2D eigenvalue weighted by Gasteiger charge is 2.17. The summed E-state index contributed by atoms with van der Waals surface area (Å²) in [5.74, 6) is 0. The van der Waals surface area contributed by atoms with Crippen LogP contribution in [0.15, 0.2) is 15.3 Å². The maximum Gasteiger partial charge on any atom is 0.265 e. The minimum absolute atomic E-state index is 0.125. The van der Waals surface area contributed by atoms with Gasteiger partial charge in [-0.2, -0.15) is 5.26 Å². The molecule has 0 unspecified atom stereocenters. The second kappa shape index (κ2) is 4.11. The average Bonchev–Trinajstić information content (AvgIpc) is 2.02. The molecule has 6 heteroatoms. The summed E-state index contributed by atoms with van der Waals surface area (Å²) >= 11 is 5.89. The van der Waals surface area contributed by atoms with Gasteiger partial charge in [0, 0.05) is 5.56 Å². The second-order valence-corrected chi connectivity index (χ2v) is 3.68. The molecule has 0 radical (unpaired) electrons. The Hall–Kier alpha value is -0.540. The molecule has 0 amide bonds. The summed E-state index contributed by atoms with van der Waals surface area (Å²) in [7, 11) is 0. The average molecular weight is 312 g/mol. The fourth-order valence-electron chi connectivity index (χ4n) is 0.784. The third-order valence-corrected chi connectivity index (χ3v) is 2.30.